The monoisotopic (exact) mass is 440 g/mol. The molecule has 0 unspecified atom stereocenters. The Morgan fingerprint density at radius 3 is 2.72 bits per heavy atom. The van der Waals surface area contributed by atoms with Gasteiger partial charge in [0.1, 0.15) is 11.6 Å². The van der Waals surface area contributed by atoms with Crippen molar-refractivity contribution in [1.29, 1.82) is 0 Å². The molecule has 0 radical (unpaired) electrons. The summed E-state index contributed by atoms with van der Waals surface area (Å²) in [4.78, 5) is 12.3. The predicted molar refractivity (Wildman–Crippen MR) is 81.1 cm³/mol. The second-order valence-corrected chi connectivity index (χ2v) is 7.09. The lowest BCUT2D eigenvalue weighted by molar-refractivity contribution is 0.103. The fourth-order valence-electron chi connectivity index (χ4n) is 1.46. The number of benzene rings is 1. The molecule has 0 atom stereocenters. The third-order valence-corrected chi connectivity index (χ3v) is 4.71. The van der Waals surface area contributed by atoms with E-state index in [1.807, 2.05) is 0 Å². The van der Waals surface area contributed by atoms with Crippen LogP contribution >= 0.6 is 49.9 Å². The van der Waals surface area contributed by atoms with Gasteiger partial charge in [-0.25, -0.2) is 4.39 Å². The number of ether oxygens (including phenoxy) is 1. The minimum Gasteiger partial charge on any atom is -0.496 e. The Hall–Kier alpha value is -0.470. The van der Waals surface area contributed by atoms with E-state index in [0.717, 1.165) is 2.88 Å². The van der Waals surface area contributed by atoms with Gasteiger partial charge in [0.25, 0.3) is 0 Å². The van der Waals surface area contributed by atoms with Crippen molar-refractivity contribution in [1.82, 2.24) is 0 Å². The number of rotatable bonds is 3. The van der Waals surface area contributed by atoms with Crippen LogP contribution in [0.2, 0.25) is 0 Å². The average molecular weight is 441 g/mol. The van der Waals surface area contributed by atoms with Crippen LogP contribution in [0, 0.1) is 8.70 Å². The lowest BCUT2D eigenvalue weighted by Gasteiger charge is -2.08. The van der Waals surface area contributed by atoms with Crippen molar-refractivity contribution in [3.05, 3.63) is 47.9 Å². The van der Waals surface area contributed by atoms with Gasteiger partial charge in [-0.05, 0) is 50.7 Å². The van der Waals surface area contributed by atoms with Crippen LogP contribution < -0.4 is 4.74 Å². The Balaban J connectivity index is 2.50. The first kappa shape index (κ1) is 14.0. The molecule has 0 aliphatic heterocycles. The molecule has 94 valence electrons. The maximum Gasteiger partial charge on any atom is 0.197 e. The zero-order chi connectivity index (χ0) is 13.3. The Labute approximate surface area is 129 Å². The van der Waals surface area contributed by atoms with E-state index in [4.69, 9.17) is 4.74 Å². The molecule has 1 aromatic carbocycles. The van der Waals surface area contributed by atoms with Gasteiger partial charge in [-0.15, -0.1) is 11.3 Å². The summed E-state index contributed by atoms with van der Waals surface area (Å²) in [6, 6.07) is 4.44. The molecule has 0 saturated carbocycles. The van der Waals surface area contributed by atoms with E-state index in [1.54, 1.807) is 11.4 Å². The van der Waals surface area contributed by atoms with Gasteiger partial charge in [-0.3, -0.25) is 4.79 Å². The Morgan fingerprint density at radius 2 is 2.17 bits per heavy atom. The van der Waals surface area contributed by atoms with Crippen molar-refractivity contribution in [2.45, 2.75) is 0 Å². The molecular formula is C12H7BrFIO2S. The van der Waals surface area contributed by atoms with Crippen LogP contribution in [0.5, 0.6) is 5.75 Å². The highest BCUT2D eigenvalue weighted by Gasteiger charge is 2.18. The smallest absolute Gasteiger partial charge is 0.197 e. The summed E-state index contributed by atoms with van der Waals surface area (Å²) in [6.45, 7) is 0. The molecule has 0 amide bonds. The number of carbonyl (C=O) groups is 1. The molecule has 0 bridgehead atoms. The first-order valence-electron chi connectivity index (χ1n) is 4.84. The van der Waals surface area contributed by atoms with Crippen molar-refractivity contribution in [2.75, 3.05) is 7.11 Å². The van der Waals surface area contributed by atoms with Crippen molar-refractivity contribution in [3.8, 4) is 5.75 Å². The van der Waals surface area contributed by atoms with E-state index in [-0.39, 0.29) is 16.0 Å². The normalized spacial score (nSPS) is 10.4. The number of hydrogen-bond acceptors (Lipinski definition) is 3. The highest BCUT2D eigenvalue weighted by Crippen LogP contribution is 2.29. The fraction of sp³-hybridized carbons (Fsp3) is 0.0833. The first-order chi connectivity index (χ1) is 8.52. The molecule has 0 spiro atoms. The predicted octanol–water partition coefficient (Wildman–Crippen LogP) is 4.49. The summed E-state index contributed by atoms with van der Waals surface area (Å²) in [7, 11) is 1.41. The lowest BCUT2D eigenvalue weighted by Crippen LogP contribution is -2.03. The van der Waals surface area contributed by atoms with Crippen LogP contribution in [0.3, 0.4) is 0 Å². The summed E-state index contributed by atoms with van der Waals surface area (Å²) in [5.41, 5.74) is 0.932. The average Bonchev–Trinajstić information content (AvgIpc) is 2.78. The maximum absolute atomic E-state index is 13.4. The number of thiophene rings is 1. The molecule has 0 fully saturated rings. The SMILES string of the molecule is COc1cc(F)c(Br)cc1C(=O)c1csc(I)c1. The van der Waals surface area contributed by atoms with Gasteiger partial charge < -0.3 is 4.74 Å². The van der Waals surface area contributed by atoms with E-state index in [1.165, 1.54) is 30.6 Å². The number of hydrogen-bond donors (Lipinski definition) is 0. The Bertz CT molecular complexity index is 612. The second-order valence-electron chi connectivity index (χ2n) is 3.44. The van der Waals surface area contributed by atoms with Gasteiger partial charge >= 0.3 is 0 Å². The van der Waals surface area contributed by atoms with Crippen molar-refractivity contribution in [3.63, 3.8) is 0 Å². The van der Waals surface area contributed by atoms with Gasteiger partial charge in [0.15, 0.2) is 5.78 Å². The van der Waals surface area contributed by atoms with E-state index in [0.29, 0.717) is 11.1 Å². The van der Waals surface area contributed by atoms with Crippen molar-refractivity contribution < 1.29 is 13.9 Å². The van der Waals surface area contributed by atoms with Gasteiger partial charge in [0.05, 0.1) is 20.0 Å². The van der Waals surface area contributed by atoms with Crippen molar-refractivity contribution in [2.24, 2.45) is 0 Å². The molecule has 6 heteroatoms. The zero-order valence-electron chi connectivity index (χ0n) is 9.17. The van der Waals surface area contributed by atoms with Crippen LogP contribution in [-0.4, -0.2) is 12.9 Å². The molecule has 18 heavy (non-hydrogen) atoms. The number of methoxy groups -OCH3 is 1. The highest BCUT2D eigenvalue weighted by molar-refractivity contribution is 14.1. The Kier molecular flexibility index (Phi) is 4.39. The van der Waals surface area contributed by atoms with E-state index in [2.05, 4.69) is 38.5 Å². The topological polar surface area (TPSA) is 26.3 Å². The van der Waals surface area contributed by atoms with Gasteiger partial charge in [0.2, 0.25) is 0 Å². The molecule has 2 rings (SSSR count). The number of halogens is 3. The molecule has 0 aliphatic rings. The molecule has 1 aromatic heterocycles. The number of ketones is 1. The van der Waals surface area contributed by atoms with Crippen LogP contribution in [0.1, 0.15) is 15.9 Å². The lowest BCUT2D eigenvalue weighted by atomic mass is 10.1. The minimum absolute atomic E-state index is 0.174. The van der Waals surface area contributed by atoms with Crippen LogP contribution in [0.25, 0.3) is 0 Å². The zero-order valence-corrected chi connectivity index (χ0v) is 13.7. The summed E-state index contributed by atoms with van der Waals surface area (Å²) < 4.78 is 19.7. The second kappa shape index (κ2) is 5.66. The molecule has 2 aromatic rings. The summed E-state index contributed by atoms with van der Waals surface area (Å²) in [5.74, 6) is -0.392. The number of carbonyl (C=O) groups excluding carboxylic acids is 1. The molecule has 0 saturated heterocycles. The summed E-state index contributed by atoms with van der Waals surface area (Å²) in [5, 5.41) is 1.78. The fourth-order valence-corrected chi connectivity index (χ4v) is 3.13. The first-order valence-corrected chi connectivity index (χ1v) is 7.60. The van der Waals surface area contributed by atoms with Gasteiger partial charge in [-0.1, -0.05) is 0 Å². The molecule has 2 nitrogen and oxygen atoms in total. The molecular weight excluding hydrogens is 434 g/mol. The van der Waals surface area contributed by atoms with E-state index < -0.39 is 5.82 Å². The molecule has 1 heterocycles. The van der Waals surface area contributed by atoms with Crippen molar-refractivity contribution >= 4 is 55.6 Å². The summed E-state index contributed by atoms with van der Waals surface area (Å²) in [6.07, 6.45) is 0. The Morgan fingerprint density at radius 1 is 1.44 bits per heavy atom. The molecule has 0 N–H and O–H groups in total. The van der Waals surface area contributed by atoms with Crippen LogP contribution in [-0.2, 0) is 0 Å². The summed E-state index contributed by atoms with van der Waals surface area (Å²) >= 11 is 6.71. The van der Waals surface area contributed by atoms with Gasteiger partial charge in [-0.2, -0.15) is 0 Å². The quantitative estimate of drug-likeness (QED) is 0.519. The highest BCUT2D eigenvalue weighted by atomic mass is 127. The van der Waals surface area contributed by atoms with E-state index in [9.17, 15) is 9.18 Å². The van der Waals surface area contributed by atoms with Gasteiger partial charge in [0, 0.05) is 17.0 Å². The van der Waals surface area contributed by atoms with E-state index >= 15 is 0 Å². The molecule has 0 aliphatic carbocycles. The maximum atomic E-state index is 13.4. The third kappa shape index (κ3) is 2.75. The minimum atomic E-state index is -0.455. The standard InChI is InChI=1S/C12H7BrFIO2S/c1-17-10-4-9(14)8(13)3-7(10)12(16)6-2-11(15)18-5-6/h2-5H,1H3. The third-order valence-electron chi connectivity index (χ3n) is 2.32. The van der Waals surface area contributed by atoms with Crippen LogP contribution in [0.4, 0.5) is 4.39 Å². The largest absolute Gasteiger partial charge is 0.496 e. The van der Waals surface area contributed by atoms with Crippen LogP contribution in [0.15, 0.2) is 28.1 Å².